The summed E-state index contributed by atoms with van der Waals surface area (Å²) in [6, 6.07) is 6.25. The maximum absolute atomic E-state index is 6.21. The van der Waals surface area contributed by atoms with Crippen LogP contribution in [0.15, 0.2) is 18.2 Å². The summed E-state index contributed by atoms with van der Waals surface area (Å²) >= 11 is 6.21. The molecular weight excluding hydrogens is 206 g/mol. The molecule has 1 aromatic rings. The highest BCUT2D eigenvalue weighted by Crippen LogP contribution is 2.44. The van der Waals surface area contributed by atoms with Crippen LogP contribution in [-0.4, -0.2) is 5.54 Å². The maximum atomic E-state index is 6.21. The Morgan fingerprint density at radius 2 is 1.93 bits per heavy atom. The molecule has 0 unspecified atom stereocenters. The molecule has 3 rings (SSSR count). The lowest BCUT2D eigenvalue weighted by molar-refractivity contribution is 0.333. The number of fused-ring (bicyclic) bond motifs is 1. The molecule has 0 atom stereocenters. The Bertz CT molecular complexity index is 380. The molecule has 0 aromatic heterocycles. The SMILES string of the molecule is Clc1cccc2c1NC1(CCCCC1)C2. The lowest BCUT2D eigenvalue weighted by Gasteiger charge is -2.34. The summed E-state index contributed by atoms with van der Waals surface area (Å²) in [6.07, 6.45) is 7.89. The monoisotopic (exact) mass is 221 g/mol. The lowest BCUT2D eigenvalue weighted by atomic mass is 9.80. The van der Waals surface area contributed by atoms with E-state index in [-0.39, 0.29) is 0 Å². The van der Waals surface area contributed by atoms with Crippen molar-refractivity contribution in [2.24, 2.45) is 0 Å². The highest BCUT2D eigenvalue weighted by molar-refractivity contribution is 6.33. The van der Waals surface area contributed by atoms with Crippen molar-refractivity contribution in [1.82, 2.24) is 0 Å². The first-order valence-corrected chi connectivity index (χ1v) is 6.23. The molecule has 0 radical (unpaired) electrons. The minimum Gasteiger partial charge on any atom is -0.378 e. The van der Waals surface area contributed by atoms with E-state index in [1.807, 2.05) is 6.07 Å². The Labute approximate surface area is 95.8 Å². The predicted octanol–water partition coefficient (Wildman–Crippen LogP) is 4.01. The Morgan fingerprint density at radius 3 is 2.67 bits per heavy atom. The molecule has 1 aromatic carbocycles. The van der Waals surface area contributed by atoms with Crippen LogP contribution >= 0.6 is 11.6 Å². The van der Waals surface area contributed by atoms with Gasteiger partial charge in [-0.15, -0.1) is 0 Å². The molecule has 0 bridgehead atoms. The number of anilines is 1. The molecule has 1 N–H and O–H groups in total. The van der Waals surface area contributed by atoms with Crippen molar-refractivity contribution in [2.75, 3.05) is 5.32 Å². The zero-order valence-corrected chi connectivity index (χ0v) is 9.61. The number of para-hydroxylation sites is 1. The van der Waals surface area contributed by atoms with E-state index in [2.05, 4.69) is 17.4 Å². The van der Waals surface area contributed by atoms with Crippen molar-refractivity contribution in [1.29, 1.82) is 0 Å². The van der Waals surface area contributed by atoms with E-state index in [1.54, 1.807) is 0 Å². The molecule has 1 fully saturated rings. The van der Waals surface area contributed by atoms with Crippen LogP contribution in [0.2, 0.25) is 5.02 Å². The number of benzene rings is 1. The molecule has 1 aliphatic carbocycles. The van der Waals surface area contributed by atoms with Gasteiger partial charge in [-0.2, -0.15) is 0 Å². The van der Waals surface area contributed by atoms with Crippen LogP contribution in [0.4, 0.5) is 5.69 Å². The highest BCUT2D eigenvalue weighted by atomic mass is 35.5. The standard InChI is InChI=1S/C13H16ClN/c14-11-6-4-5-10-9-13(15-12(10)11)7-2-1-3-8-13/h4-6,15H,1-3,7-9H2. The van der Waals surface area contributed by atoms with Gasteiger partial charge in [-0.25, -0.2) is 0 Å². The Morgan fingerprint density at radius 1 is 1.13 bits per heavy atom. The molecule has 15 heavy (non-hydrogen) atoms. The van der Waals surface area contributed by atoms with Gasteiger partial charge in [0.1, 0.15) is 0 Å². The average molecular weight is 222 g/mol. The Kier molecular flexibility index (Phi) is 2.17. The molecule has 2 aliphatic rings. The van der Waals surface area contributed by atoms with E-state index < -0.39 is 0 Å². The van der Waals surface area contributed by atoms with Gasteiger partial charge in [-0.3, -0.25) is 0 Å². The average Bonchev–Trinajstić information content (AvgIpc) is 2.59. The van der Waals surface area contributed by atoms with Crippen LogP contribution in [0.3, 0.4) is 0 Å². The highest BCUT2D eigenvalue weighted by Gasteiger charge is 2.38. The van der Waals surface area contributed by atoms with E-state index in [1.165, 1.54) is 49.8 Å². The first kappa shape index (κ1) is 9.53. The van der Waals surface area contributed by atoms with Crippen molar-refractivity contribution in [3.8, 4) is 0 Å². The molecule has 1 nitrogen and oxygen atoms in total. The van der Waals surface area contributed by atoms with Crippen LogP contribution in [0.1, 0.15) is 37.7 Å². The fourth-order valence-corrected chi connectivity index (χ4v) is 3.30. The zero-order chi connectivity index (χ0) is 10.3. The van der Waals surface area contributed by atoms with Gasteiger partial charge in [-0.1, -0.05) is 43.0 Å². The first-order chi connectivity index (χ1) is 7.29. The topological polar surface area (TPSA) is 12.0 Å². The fraction of sp³-hybridized carbons (Fsp3) is 0.538. The number of nitrogens with one attached hydrogen (secondary N) is 1. The zero-order valence-electron chi connectivity index (χ0n) is 8.85. The molecular formula is C13H16ClN. The Hall–Kier alpha value is -0.690. The van der Waals surface area contributed by atoms with Gasteiger partial charge in [0.2, 0.25) is 0 Å². The molecule has 1 saturated carbocycles. The van der Waals surface area contributed by atoms with Crippen molar-refractivity contribution in [3.63, 3.8) is 0 Å². The third-order valence-corrected chi connectivity index (χ3v) is 4.14. The smallest absolute Gasteiger partial charge is 0.0640 e. The predicted molar refractivity (Wildman–Crippen MR) is 64.6 cm³/mol. The normalized spacial score (nSPS) is 22.5. The van der Waals surface area contributed by atoms with Gasteiger partial charge in [0.05, 0.1) is 10.7 Å². The molecule has 2 heteroatoms. The summed E-state index contributed by atoms with van der Waals surface area (Å²) in [5.41, 5.74) is 2.94. The van der Waals surface area contributed by atoms with Crippen LogP contribution < -0.4 is 5.32 Å². The van der Waals surface area contributed by atoms with Gasteiger partial charge in [-0.05, 0) is 30.9 Å². The quantitative estimate of drug-likeness (QED) is 0.698. The van der Waals surface area contributed by atoms with Gasteiger partial charge in [0, 0.05) is 5.54 Å². The second kappa shape index (κ2) is 3.41. The van der Waals surface area contributed by atoms with Gasteiger partial charge >= 0.3 is 0 Å². The second-order valence-electron chi connectivity index (χ2n) is 4.92. The molecule has 0 saturated heterocycles. The van der Waals surface area contributed by atoms with Crippen molar-refractivity contribution < 1.29 is 0 Å². The summed E-state index contributed by atoms with van der Waals surface area (Å²) in [6.45, 7) is 0. The fourth-order valence-electron chi connectivity index (χ4n) is 3.06. The molecule has 1 spiro atoms. The van der Waals surface area contributed by atoms with Crippen LogP contribution in [0.5, 0.6) is 0 Å². The molecule has 1 heterocycles. The number of rotatable bonds is 0. The third-order valence-electron chi connectivity index (χ3n) is 3.83. The number of hydrogen-bond acceptors (Lipinski definition) is 1. The van der Waals surface area contributed by atoms with E-state index in [9.17, 15) is 0 Å². The molecule has 1 aliphatic heterocycles. The molecule has 0 amide bonds. The molecule has 80 valence electrons. The second-order valence-corrected chi connectivity index (χ2v) is 5.32. The number of hydrogen-bond donors (Lipinski definition) is 1. The van der Waals surface area contributed by atoms with E-state index in [4.69, 9.17) is 11.6 Å². The van der Waals surface area contributed by atoms with Crippen molar-refractivity contribution in [3.05, 3.63) is 28.8 Å². The summed E-state index contributed by atoms with van der Waals surface area (Å²) in [5, 5.41) is 4.57. The third kappa shape index (κ3) is 1.53. The maximum Gasteiger partial charge on any atom is 0.0640 e. The minimum atomic E-state index is 0.339. The summed E-state index contributed by atoms with van der Waals surface area (Å²) in [5.74, 6) is 0. The Balaban J connectivity index is 1.94. The van der Waals surface area contributed by atoms with Crippen LogP contribution in [-0.2, 0) is 6.42 Å². The largest absolute Gasteiger partial charge is 0.378 e. The van der Waals surface area contributed by atoms with E-state index >= 15 is 0 Å². The van der Waals surface area contributed by atoms with Crippen molar-refractivity contribution >= 4 is 17.3 Å². The number of halogens is 1. The van der Waals surface area contributed by atoms with Crippen molar-refractivity contribution in [2.45, 2.75) is 44.1 Å². The van der Waals surface area contributed by atoms with E-state index in [0.29, 0.717) is 5.54 Å². The minimum absolute atomic E-state index is 0.339. The summed E-state index contributed by atoms with van der Waals surface area (Å²) < 4.78 is 0. The van der Waals surface area contributed by atoms with Gasteiger partial charge in [0.25, 0.3) is 0 Å². The van der Waals surface area contributed by atoms with Gasteiger partial charge < -0.3 is 5.32 Å². The summed E-state index contributed by atoms with van der Waals surface area (Å²) in [7, 11) is 0. The van der Waals surface area contributed by atoms with Crippen LogP contribution in [0.25, 0.3) is 0 Å². The summed E-state index contributed by atoms with van der Waals surface area (Å²) in [4.78, 5) is 0. The van der Waals surface area contributed by atoms with Gasteiger partial charge in [0.15, 0.2) is 0 Å². The lowest BCUT2D eigenvalue weighted by Crippen LogP contribution is -2.38. The van der Waals surface area contributed by atoms with Crippen LogP contribution in [0, 0.1) is 0 Å². The van der Waals surface area contributed by atoms with E-state index in [0.717, 1.165) is 5.02 Å². The first-order valence-electron chi connectivity index (χ1n) is 5.85.